The van der Waals surface area contributed by atoms with Crippen molar-refractivity contribution in [3.63, 3.8) is 0 Å². The van der Waals surface area contributed by atoms with Gasteiger partial charge in [-0.3, -0.25) is 19.1 Å². The van der Waals surface area contributed by atoms with Gasteiger partial charge in [-0.2, -0.15) is 4.31 Å². The number of benzene rings is 3. The van der Waals surface area contributed by atoms with Crippen LogP contribution in [0.25, 0.3) is 11.4 Å². The molecule has 4 aromatic rings. The molecule has 0 bridgehead atoms. The summed E-state index contributed by atoms with van der Waals surface area (Å²) in [4.78, 5) is 26.9. The average molecular weight is 608 g/mol. The second kappa shape index (κ2) is 11.8. The number of halogens is 1. The first-order chi connectivity index (χ1) is 20.3. The van der Waals surface area contributed by atoms with Gasteiger partial charge in [-0.05, 0) is 42.0 Å². The quantitative estimate of drug-likeness (QED) is 0.210. The van der Waals surface area contributed by atoms with Gasteiger partial charge in [-0.15, -0.1) is 10.2 Å². The summed E-state index contributed by atoms with van der Waals surface area (Å²) in [7, 11) is -3.74. The second-order valence-electron chi connectivity index (χ2n) is 9.72. The van der Waals surface area contributed by atoms with Gasteiger partial charge >= 0.3 is 0 Å². The standard InChI is InChI=1S/C29H26FN5O5S2/c30-22-10-8-20(9-11-22)19-35-26(21-4-3-5-23(18-21)42(38,39)33-12-15-40-16-13-33)31-32-29(35)41-17-14-34-27(36)24-6-1-2-7-25(24)28(34)37/h1-11,18H,12-17,19H2. The van der Waals surface area contributed by atoms with Crippen molar-refractivity contribution in [2.45, 2.75) is 16.6 Å². The topological polar surface area (TPSA) is 115 Å². The van der Waals surface area contributed by atoms with E-state index >= 15 is 0 Å². The Labute approximate surface area is 246 Å². The number of nitrogens with zero attached hydrogens (tertiary/aromatic N) is 5. The fourth-order valence-corrected chi connectivity index (χ4v) is 7.24. The van der Waals surface area contributed by atoms with Gasteiger partial charge in [0.15, 0.2) is 11.0 Å². The smallest absolute Gasteiger partial charge is 0.261 e. The van der Waals surface area contributed by atoms with Crippen molar-refractivity contribution in [3.8, 4) is 11.4 Å². The van der Waals surface area contributed by atoms with Crippen LogP contribution in [0.5, 0.6) is 0 Å². The fourth-order valence-electron chi connectivity index (χ4n) is 4.93. The lowest BCUT2D eigenvalue weighted by Gasteiger charge is -2.26. The molecule has 1 fully saturated rings. The van der Waals surface area contributed by atoms with E-state index in [2.05, 4.69) is 10.2 Å². The Balaban J connectivity index is 1.27. The molecule has 216 valence electrons. The van der Waals surface area contributed by atoms with E-state index in [1.807, 2.05) is 4.57 Å². The summed E-state index contributed by atoms with van der Waals surface area (Å²) in [5.41, 5.74) is 2.12. The highest BCUT2D eigenvalue weighted by Gasteiger charge is 2.35. The van der Waals surface area contributed by atoms with Crippen molar-refractivity contribution in [1.82, 2.24) is 24.0 Å². The van der Waals surface area contributed by atoms with Crippen molar-refractivity contribution in [1.29, 1.82) is 0 Å². The highest BCUT2D eigenvalue weighted by Crippen LogP contribution is 2.29. The molecule has 3 aromatic carbocycles. The molecule has 1 aromatic heterocycles. The molecule has 0 N–H and O–H groups in total. The molecule has 0 unspecified atom stereocenters. The predicted octanol–water partition coefficient (Wildman–Crippen LogP) is 3.54. The summed E-state index contributed by atoms with van der Waals surface area (Å²) in [6, 6.07) is 19.3. The molecular weight excluding hydrogens is 581 g/mol. The van der Waals surface area contributed by atoms with E-state index in [9.17, 15) is 22.4 Å². The molecule has 2 aliphatic rings. The third-order valence-electron chi connectivity index (χ3n) is 7.10. The maximum Gasteiger partial charge on any atom is 0.261 e. The molecule has 0 saturated carbocycles. The van der Waals surface area contributed by atoms with Crippen LogP contribution in [0.3, 0.4) is 0 Å². The molecular formula is C29H26FN5O5S2. The van der Waals surface area contributed by atoms with Crippen molar-refractivity contribution in [3.05, 3.63) is 95.3 Å². The van der Waals surface area contributed by atoms with E-state index in [-0.39, 0.29) is 42.2 Å². The number of carbonyl (C=O) groups is 2. The number of morpholine rings is 1. The number of sulfonamides is 1. The number of hydrogen-bond acceptors (Lipinski definition) is 8. The van der Waals surface area contributed by atoms with Crippen LogP contribution < -0.4 is 0 Å². The number of ether oxygens (including phenoxy) is 1. The van der Waals surface area contributed by atoms with Crippen LogP contribution in [0.2, 0.25) is 0 Å². The highest BCUT2D eigenvalue weighted by atomic mass is 32.2. The summed E-state index contributed by atoms with van der Waals surface area (Å²) in [5.74, 6) is -0.231. The van der Waals surface area contributed by atoms with Crippen molar-refractivity contribution in [2.24, 2.45) is 0 Å². The van der Waals surface area contributed by atoms with Crippen LogP contribution in [0.15, 0.2) is 82.8 Å². The van der Waals surface area contributed by atoms with Gasteiger partial charge in [-0.25, -0.2) is 12.8 Å². The maximum absolute atomic E-state index is 13.6. The average Bonchev–Trinajstić information content (AvgIpc) is 3.52. The Morgan fingerprint density at radius 2 is 1.57 bits per heavy atom. The van der Waals surface area contributed by atoms with E-state index in [1.165, 1.54) is 33.1 Å². The molecule has 2 amide bonds. The van der Waals surface area contributed by atoms with Gasteiger partial charge in [0.25, 0.3) is 11.8 Å². The van der Waals surface area contributed by atoms with E-state index in [4.69, 9.17) is 4.74 Å². The lowest BCUT2D eigenvalue weighted by molar-refractivity contribution is 0.0664. The third kappa shape index (κ3) is 5.48. The second-order valence-corrected chi connectivity index (χ2v) is 12.7. The van der Waals surface area contributed by atoms with E-state index in [0.29, 0.717) is 53.2 Å². The number of amides is 2. The molecule has 0 aliphatic carbocycles. The van der Waals surface area contributed by atoms with Crippen molar-refractivity contribution in [2.75, 3.05) is 38.6 Å². The minimum atomic E-state index is -3.74. The molecule has 6 rings (SSSR count). The molecule has 42 heavy (non-hydrogen) atoms. The van der Waals surface area contributed by atoms with Gasteiger partial charge in [0, 0.05) is 31.0 Å². The maximum atomic E-state index is 13.6. The summed E-state index contributed by atoms with van der Waals surface area (Å²) >= 11 is 1.32. The molecule has 0 atom stereocenters. The van der Waals surface area contributed by atoms with Gasteiger partial charge in [-0.1, -0.05) is 48.2 Å². The minimum absolute atomic E-state index is 0.137. The largest absolute Gasteiger partial charge is 0.379 e. The minimum Gasteiger partial charge on any atom is -0.379 e. The fraction of sp³-hybridized carbons (Fsp3) is 0.241. The molecule has 3 heterocycles. The number of fused-ring (bicyclic) bond motifs is 1. The Morgan fingerprint density at radius 3 is 2.26 bits per heavy atom. The van der Waals surface area contributed by atoms with E-state index in [0.717, 1.165) is 5.56 Å². The number of rotatable bonds is 9. The van der Waals surface area contributed by atoms with Crippen LogP contribution in [0.4, 0.5) is 4.39 Å². The summed E-state index contributed by atoms with van der Waals surface area (Å²) in [5, 5.41) is 9.26. The van der Waals surface area contributed by atoms with Crippen LogP contribution in [0, 0.1) is 5.82 Å². The summed E-state index contributed by atoms with van der Waals surface area (Å²) < 4.78 is 48.8. The van der Waals surface area contributed by atoms with Gasteiger partial charge in [0.1, 0.15) is 5.82 Å². The summed E-state index contributed by atoms with van der Waals surface area (Å²) in [6.07, 6.45) is 0. The normalized spacial score (nSPS) is 15.8. The zero-order valence-corrected chi connectivity index (χ0v) is 24.0. The monoisotopic (exact) mass is 607 g/mol. The van der Waals surface area contributed by atoms with Crippen molar-refractivity contribution < 1.29 is 27.1 Å². The molecule has 0 spiro atoms. The van der Waals surface area contributed by atoms with Gasteiger partial charge in [0.2, 0.25) is 10.0 Å². The zero-order valence-electron chi connectivity index (χ0n) is 22.3. The number of thioether (sulfide) groups is 1. The number of carbonyl (C=O) groups excluding carboxylic acids is 2. The van der Waals surface area contributed by atoms with Crippen LogP contribution >= 0.6 is 11.8 Å². The Hall–Kier alpha value is -3.91. The zero-order chi connectivity index (χ0) is 29.3. The van der Waals surface area contributed by atoms with Crippen molar-refractivity contribution >= 4 is 33.6 Å². The summed E-state index contributed by atoms with van der Waals surface area (Å²) in [6.45, 7) is 1.70. The van der Waals surface area contributed by atoms with Gasteiger partial charge < -0.3 is 4.74 Å². The first-order valence-electron chi connectivity index (χ1n) is 13.3. The number of imide groups is 1. The van der Waals surface area contributed by atoms with Crippen LogP contribution in [-0.4, -0.2) is 82.8 Å². The Kier molecular flexibility index (Phi) is 7.90. The van der Waals surface area contributed by atoms with E-state index < -0.39 is 10.0 Å². The molecule has 13 heteroatoms. The molecule has 0 radical (unpaired) electrons. The Morgan fingerprint density at radius 1 is 0.881 bits per heavy atom. The molecule has 1 saturated heterocycles. The first kappa shape index (κ1) is 28.2. The number of aromatic nitrogens is 3. The predicted molar refractivity (Wildman–Crippen MR) is 153 cm³/mol. The third-order valence-corrected chi connectivity index (χ3v) is 9.94. The SMILES string of the molecule is O=C1c2ccccc2C(=O)N1CCSc1nnc(-c2cccc(S(=O)(=O)N3CCOCC3)c2)n1Cc1ccc(F)cc1. The number of hydrogen-bond donors (Lipinski definition) is 0. The van der Waals surface area contributed by atoms with Crippen LogP contribution in [-0.2, 0) is 21.3 Å². The first-order valence-corrected chi connectivity index (χ1v) is 15.7. The lowest BCUT2D eigenvalue weighted by atomic mass is 10.1. The lowest BCUT2D eigenvalue weighted by Crippen LogP contribution is -2.40. The Bertz CT molecular complexity index is 1720. The highest BCUT2D eigenvalue weighted by molar-refractivity contribution is 7.99. The van der Waals surface area contributed by atoms with Crippen LogP contribution in [0.1, 0.15) is 26.3 Å². The molecule has 2 aliphatic heterocycles. The molecule has 10 nitrogen and oxygen atoms in total. The van der Waals surface area contributed by atoms with Gasteiger partial charge in [0.05, 0.1) is 35.8 Å². The van der Waals surface area contributed by atoms with E-state index in [1.54, 1.807) is 60.7 Å².